The highest BCUT2D eigenvalue weighted by Gasteiger charge is 2.82. The molecule has 0 amide bonds. The molecule has 3 fully saturated rings. The van der Waals surface area contributed by atoms with Crippen molar-refractivity contribution in [2.24, 2.45) is 34.5 Å². The highest BCUT2D eigenvalue weighted by molar-refractivity contribution is 5.82. The number of allylic oxidation sites excluding steroid dienone is 2. The quantitative estimate of drug-likeness (QED) is 0.730. The molecule has 2 nitrogen and oxygen atoms in total. The largest absolute Gasteiger partial charge is 0.393 e. The summed E-state index contributed by atoms with van der Waals surface area (Å²) in [7, 11) is 0. The van der Waals surface area contributed by atoms with E-state index in [1.807, 2.05) is 0 Å². The van der Waals surface area contributed by atoms with E-state index in [-0.39, 0.29) is 17.4 Å². The van der Waals surface area contributed by atoms with E-state index >= 15 is 4.39 Å². The Hall–Kier alpha value is -0.700. The van der Waals surface area contributed by atoms with Crippen LogP contribution in [0.5, 0.6) is 0 Å². The number of carbonyl (C=O) groups is 1. The molecule has 1 spiro atoms. The van der Waals surface area contributed by atoms with E-state index in [4.69, 9.17) is 0 Å². The maximum absolute atomic E-state index is 15.6. The van der Waals surface area contributed by atoms with Crippen molar-refractivity contribution >= 4 is 5.78 Å². The van der Waals surface area contributed by atoms with Crippen molar-refractivity contribution in [3.05, 3.63) is 11.1 Å². The van der Waals surface area contributed by atoms with Gasteiger partial charge in [-0.15, -0.1) is 0 Å². The molecule has 5 aliphatic carbocycles. The van der Waals surface area contributed by atoms with E-state index in [0.717, 1.165) is 25.7 Å². The highest BCUT2D eigenvalue weighted by Crippen LogP contribution is 2.84. The molecule has 0 heterocycles. The first-order chi connectivity index (χ1) is 11.4. The van der Waals surface area contributed by atoms with Gasteiger partial charge < -0.3 is 5.11 Å². The third kappa shape index (κ3) is 1.55. The van der Waals surface area contributed by atoms with Crippen LogP contribution in [0.4, 0.5) is 4.39 Å². The average molecular weight is 332 g/mol. The standard InChI is InChI=1S/C21H29FO2/c1-12-7-13-8-15(24)3-4-16(13)17-5-6-19(2)20(22,11-23)9-14-10-21(14,19)18(12)17/h12,14,17-18,23H,3-11H2,1-2H3/t12-,14+,17-,18-,19-,20-,21-/m1/s1. The fourth-order valence-corrected chi connectivity index (χ4v) is 8.12. The maximum atomic E-state index is 15.6. The van der Waals surface area contributed by atoms with Gasteiger partial charge in [0.25, 0.3) is 0 Å². The molecule has 0 aromatic heterocycles. The molecule has 0 radical (unpaired) electrons. The predicted octanol–water partition coefficient (Wildman–Crippen LogP) is 4.22. The van der Waals surface area contributed by atoms with Crippen LogP contribution in [0.15, 0.2) is 11.1 Å². The van der Waals surface area contributed by atoms with E-state index in [9.17, 15) is 9.90 Å². The second-order valence-electron chi connectivity index (χ2n) is 9.80. The van der Waals surface area contributed by atoms with Crippen LogP contribution >= 0.6 is 0 Å². The van der Waals surface area contributed by atoms with Gasteiger partial charge in [-0.05, 0) is 67.6 Å². The van der Waals surface area contributed by atoms with Crippen LogP contribution in [-0.2, 0) is 4.79 Å². The van der Waals surface area contributed by atoms with Crippen LogP contribution in [0.25, 0.3) is 0 Å². The van der Waals surface area contributed by atoms with Crippen molar-refractivity contribution in [2.75, 3.05) is 6.61 Å². The zero-order chi connectivity index (χ0) is 16.9. The third-order valence-electron chi connectivity index (χ3n) is 9.14. The fraction of sp³-hybridized carbons (Fsp3) is 0.857. The van der Waals surface area contributed by atoms with Crippen LogP contribution in [-0.4, -0.2) is 23.2 Å². The molecule has 0 aliphatic heterocycles. The summed E-state index contributed by atoms with van der Waals surface area (Å²) in [5, 5.41) is 9.82. The number of rotatable bonds is 1. The number of fused-ring (bicyclic) bond motifs is 2. The Balaban J connectivity index is 1.58. The van der Waals surface area contributed by atoms with Crippen LogP contribution in [0.2, 0.25) is 0 Å². The summed E-state index contributed by atoms with van der Waals surface area (Å²) in [5.41, 5.74) is 1.41. The number of carbonyl (C=O) groups excluding carboxylic acids is 1. The van der Waals surface area contributed by atoms with Gasteiger partial charge in [-0.3, -0.25) is 4.79 Å². The van der Waals surface area contributed by atoms with Gasteiger partial charge in [0.05, 0.1) is 6.61 Å². The van der Waals surface area contributed by atoms with E-state index in [0.29, 0.717) is 48.7 Å². The van der Waals surface area contributed by atoms with E-state index in [1.54, 1.807) is 5.57 Å². The normalized spacial score (nSPS) is 55.6. The molecule has 0 unspecified atom stereocenters. The predicted molar refractivity (Wildman–Crippen MR) is 90.1 cm³/mol. The van der Waals surface area contributed by atoms with E-state index < -0.39 is 5.67 Å². The van der Waals surface area contributed by atoms with Gasteiger partial charge in [-0.25, -0.2) is 4.39 Å². The van der Waals surface area contributed by atoms with Gasteiger partial charge in [0.2, 0.25) is 0 Å². The molecular weight excluding hydrogens is 303 g/mol. The minimum atomic E-state index is -1.38. The average Bonchev–Trinajstić information content (AvgIpc) is 3.19. The third-order valence-corrected chi connectivity index (χ3v) is 9.14. The van der Waals surface area contributed by atoms with Gasteiger partial charge in [0.15, 0.2) is 0 Å². The lowest BCUT2D eigenvalue weighted by molar-refractivity contribution is -0.123. The number of Topliss-reactive ketones (excluding diaryl/α,β-unsaturated/α-hetero) is 1. The molecule has 3 heteroatoms. The minimum Gasteiger partial charge on any atom is -0.393 e. The van der Waals surface area contributed by atoms with Crippen molar-refractivity contribution < 1.29 is 14.3 Å². The van der Waals surface area contributed by atoms with Crippen molar-refractivity contribution in [1.82, 2.24) is 0 Å². The lowest BCUT2D eigenvalue weighted by Gasteiger charge is -2.57. The molecule has 0 aromatic rings. The second-order valence-corrected chi connectivity index (χ2v) is 9.80. The summed E-state index contributed by atoms with van der Waals surface area (Å²) in [4.78, 5) is 11.9. The smallest absolute Gasteiger partial charge is 0.140 e. The fourth-order valence-electron chi connectivity index (χ4n) is 8.12. The van der Waals surface area contributed by atoms with Gasteiger partial charge in [0.1, 0.15) is 11.5 Å². The van der Waals surface area contributed by atoms with E-state index in [2.05, 4.69) is 13.8 Å². The molecule has 5 rings (SSSR count). The zero-order valence-corrected chi connectivity index (χ0v) is 14.9. The van der Waals surface area contributed by atoms with Crippen LogP contribution in [0.1, 0.15) is 65.2 Å². The Morgan fingerprint density at radius 3 is 2.83 bits per heavy atom. The Morgan fingerprint density at radius 2 is 2.08 bits per heavy atom. The summed E-state index contributed by atoms with van der Waals surface area (Å²) < 4.78 is 15.6. The molecule has 1 N–H and O–H groups in total. The Kier molecular flexibility index (Phi) is 2.93. The van der Waals surface area contributed by atoms with Crippen LogP contribution in [0.3, 0.4) is 0 Å². The van der Waals surface area contributed by atoms with Gasteiger partial charge in [-0.2, -0.15) is 0 Å². The van der Waals surface area contributed by atoms with Crippen LogP contribution < -0.4 is 0 Å². The number of alkyl halides is 1. The summed E-state index contributed by atoms with van der Waals surface area (Å²) in [6.45, 7) is 4.18. The Morgan fingerprint density at radius 1 is 1.29 bits per heavy atom. The Bertz CT molecular complexity index is 654. The van der Waals surface area contributed by atoms with Crippen molar-refractivity contribution in [2.45, 2.75) is 70.9 Å². The lowest BCUT2D eigenvalue weighted by atomic mass is 9.47. The summed E-state index contributed by atoms with van der Waals surface area (Å²) in [6, 6.07) is 0. The van der Waals surface area contributed by atoms with Crippen molar-refractivity contribution in [3.8, 4) is 0 Å². The van der Waals surface area contributed by atoms with Crippen molar-refractivity contribution in [1.29, 1.82) is 0 Å². The first kappa shape index (κ1) is 15.5. The number of halogens is 1. The van der Waals surface area contributed by atoms with Gasteiger partial charge in [-0.1, -0.05) is 25.0 Å². The molecule has 0 bridgehead atoms. The molecule has 132 valence electrons. The highest BCUT2D eigenvalue weighted by atomic mass is 19.1. The molecule has 0 aromatic carbocycles. The summed E-state index contributed by atoms with van der Waals surface area (Å²) in [6.07, 6.45) is 7.10. The van der Waals surface area contributed by atoms with E-state index in [1.165, 1.54) is 12.0 Å². The number of hydrogen-bond acceptors (Lipinski definition) is 2. The molecule has 24 heavy (non-hydrogen) atoms. The number of hydrogen-bond donors (Lipinski definition) is 1. The SMILES string of the molecule is C[C@@H]1CC2=C(CCC(=O)C2)[C@H]2CC[C@]3(C)[C@](F)(CO)C[C@H]4C[C@]43[C@H]12. The monoisotopic (exact) mass is 332 g/mol. The number of aliphatic hydroxyl groups is 1. The first-order valence-electron chi connectivity index (χ1n) is 9.88. The molecule has 0 saturated heterocycles. The molecule has 5 aliphatic rings. The second kappa shape index (κ2) is 4.52. The topological polar surface area (TPSA) is 37.3 Å². The first-order valence-corrected chi connectivity index (χ1v) is 9.88. The number of ketones is 1. The van der Waals surface area contributed by atoms with Gasteiger partial charge >= 0.3 is 0 Å². The number of aliphatic hydroxyl groups excluding tert-OH is 1. The molecule has 3 saturated carbocycles. The molecular formula is C21H29FO2. The van der Waals surface area contributed by atoms with Crippen LogP contribution in [0, 0.1) is 34.5 Å². The van der Waals surface area contributed by atoms with Gasteiger partial charge in [0, 0.05) is 18.3 Å². The lowest BCUT2D eigenvalue weighted by Crippen LogP contribution is -2.55. The minimum absolute atomic E-state index is 0.118. The van der Waals surface area contributed by atoms with Crippen molar-refractivity contribution in [3.63, 3.8) is 0 Å². The summed E-state index contributed by atoms with van der Waals surface area (Å²) in [5.74, 6) is 2.58. The Labute approximate surface area is 143 Å². The summed E-state index contributed by atoms with van der Waals surface area (Å²) >= 11 is 0. The zero-order valence-electron chi connectivity index (χ0n) is 14.9. The molecule has 7 atom stereocenters. The maximum Gasteiger partial charge on any atom is 0.140 e.